The van der Waals surface area contributed by atoms with Crippen LogP contribution in [-0.2, 0) is 15.4 Å². The van der Waals surface area contributed by atoms with Crippen LogP contribution in [0, 0.1) is 11.8 Å². The topological polar surface area (TPSA) is 139 Å². The quantitative estimate of drug-likeness (QED) is 0.0300. The molecule has 6 aliphatic heterocycles. The Hall–Kier alpha value is -9.18. The molecule has 16 rings (SSSR count). The van der Waals surface area contributed by atoms with Gasteiger partial charge in [-0.2, -0.15) is 13.7 Å². The molecule has 3 unspecified atom stereocenters. The van der Waals surface area contributed by atoms with E-state index in [1.165, 1.54) is 0 Å². The van der Waals surface area contributed by atoms with Gasteiger partial charge in [0, 0.05) is 42.8 Å². The minimum absolute atomic E-state index is 0.481. The molecule has 1 aliphatic carbocycles. The summed E-state index contributed by atoms with van der Waals surface area (Å²) in [6.07, 6.45) is 14.4. The molecule has 500 valence electrons. The molecule has 2 aromatic heterocycles. The lowest BCUT2D eigenvalue weighted by Gasteiger charge is -2.40. The molecule has 1 spiro atoms. The Kier molecular flexibility index (Phi) is 16.8. The van der Waals surface area contributed by atoms with Gasteiger partial charge in [-0.3, -0.25) is 0 Å². The predicted molar refractivity (Wildman–Crippen MR) is 385 cm³/mol. The van der Waals surface area contributed by atoms with Crippen molar-refractivity contribution in [1.82, 2.24) is 9.13 Å². The number of rotatable bonds is 32. The van der Waals surface area contributed by atoms with Crippen LogP contribution in [0.3, 0.4) is 0 Å². The summed E-state index contributed by atoms with van der Waals surface area (Å²) in [4.78, 5) is 25.2. The summed E-state index contributed by atoms with van der Waals surface area (Å²) in [6, 6.07) is 34.4. The van der Waals surface area contributed by atoms with Gasteiger partial charge in [-0.1, -0.05) is 224 Å². The first-order valence-electron chi connectivity index (χ1n) is 36.6. The minimum Gasteiger partial charge on any atom is -0.496 e. The number of nitrogens with zero attached hydrogens (tertiary/aromatic N) is 8. The van der Waals surface area contributed by atoms with E-state index in [1.54, 1.807) is 0 Å². The summed E-state index contributed by atoms with van der Waals surface area (Å²) in [5.74, 6) is 7.49. The van der Waals surface area contributed by atoms with E-state index in [1.807, 2.05) is 0 Å². The molecule has 0 N–H and O–H groups in total. The molecular weight excluding hydrogens is 1210 g/mol. The standard InChI is InChI=1S/C81H90N8O8/c1-9-17-41-90-65-49-33-25-26-34-50(49)66(91-42-18-10-2)58-57(65)73-82-75-59-60(68(93-44-20-12-4)52-36-28-27-35-51(52)67(59)92-43-19-11-3)77-84-79-63-64(72(97-48-24-16-8)56-40-32-31-39-55(56)71(63)96-47-23-15-7)80-85-78-62-61(76-83-74(58)86(73)81(87(75)77,88(76)78)89(79)80)69(94-45-21-13-5)53-37-29-30-38-54(53)70(62)95-46-22-14-6/h25-40,57-58H,9-24,41-48H2,1-8H3/q+2. The lowest BCUT2D eigenvalue weighted by Crippen LogP contribution is -2.71. The van der Waals surface area contributed by atoms with Gasteiger partial charge >= 0.3 is 5.91 Å². The lowest BCUT2D eigenvalue weighted by atomic mass is 9.83. The van der Waals surface area contributed by atoms with Crippen molar-refractivity contribution in [3.8, 4) is 34.5 Å². The zero-order valence-corrected chi connectivity index (χ0v) is 57.7. The van der Waals surface area contributed by atoms with Gasteiger partial charge in [0.1, 0.15) is 69.0 Å². The van der Waals surface area contributed by atoms with Crippen molar-refractivity contribution in [3.63, 3.8) is 0 Å². The normalized spacial score (nSPS) is 17.9. The molecule has 0 fully saturated rings. The molecule has 16 heteroatoms. The number of aromatic nitrogens is 2. The largest absolute Gasteiger partial charge is 0.496 e. The summed E-state index contributed by atoms with van der Waals surface area (Å²) < 4.78 is 69.1. The highest BCUT2D eigenvalue weighted by molar-refractivity contribution is 6.26. The fraction of sp³-hybridized carbons (Fsp3) is 0.432. The Bertz CT molecular complexity index is 5110. The third-order valence-corrected chi connectivity index (χ3v) is 20.4. The maximum absolute atomic E-state index is 7.47. The summed E-state index contributed by atoms with van der Waals surface area (Å²) in [5.41, 5.74) is 2.92. The van der Waals surface area contributed by atoms with Crippen LogP contribution in [0.15, 0.2) is 117 Å². The van der Waals surface area contributed by atoms with Crippen molar-refractivity contribution in [3.05, 3.63) is 130 Å². The first kappa shape index (κ1) is 62.6. The number of fused-ring (bicyclic) bond motifs is 16. The summed E-state index contributed by atoms with van der Waals surface area (Å²) in [5, 5.41) is 10.8. The Morgan fingerprint density at radius 2 is 0.701 bits per heavy atom. The third-order valence-electron chi connectivity index (χ3n) is 20.4. The van der Waals surface area contributed by atoms with Crippen LogP contribution in [0.1, 0.15) is 169 Å². The Morgan fingerprint density at radius 1 is 0.351 bits per heavy atom. The number of unbranched alkanes of at least 4 members (excludes halogenated alkanes) is 8. The van der Waals surface area contributed by atoms with Gasteiger partial charge in [0.05, 0.1) is 74.4 Å². The summed E-state index contributed by atoms with van der Waals surface area (Å²) >= 11 is 0. The van der Waals surface area contributed by atoms with Crippen molar-refractivity contribution >= 4 is 100 Å². The van der Waals surface area contributed by atoms with Gasteiger partial charge in [0.25, 0.3) is 23.3 Å². The number of aliphatic imine (C=N–C) groups is 2. The van der Waals surface area contributed by atoms with Gasteiger partial charge in [-0.05, 0) is 51.4 Å². The second-order valence-electron chi connectivity index (χ2n) is 26.8. The second kappa shape index (κ2) is 26.0. The van der Waals surface area contributed by atoms with E-state index >= 15 is 0 Å². The van der Waals surface area contributed by atoms with Crippen LogP contribution < -0.4 is 49.8 Å². The maximum atomic E-state index is 7.47. The molecule has 0 bridgehead atoms. The maximum Gasteiger partial charge on any atom is 0.404 e. The predicted octanol–water partition coefficient (Wildman–Crippen LogP) is 15.6. The van der Waals surface area contributed by atoms with E-state index in [9.17, 15) is 0 Å². The highest BCUT2D eigenvalue weighted by Gasteiger charge is 2.74. The van der Waals surface area contributed by atoms with E-state index in [2.05, 4.69) is 171 Å². The smallest absolute Gasteiger partial charge is 0.404 e. The van der Waals surface area contributed by atoms with Crippen molar-refractivity contribution in [1.29, 1.82) is 0 Å². The first-order chi connectivity index (χ1) is 47.9. The fourth-order valence-corrected chi connectivity index (χ4v) is 15.7. The molecule has 16 nitrogen and oxygen atoms in total. The van der Waals surface area contributed by atoms with Crippen LogP contribution in [0.25, 0.3) is 65.4 Å². The molecule has 3 atom stereocenters. The highest BCUT2D eigenvalue weighted by atomic mass is 16.5. The SMILES string of the molecule is CCCCOC1=c2ccccc2=C(OCCCC)C2C3=[N+]4C(=Nc5c6c(OCCCC)c7ccccc7c(OCCCC)c6c6n5C45n4c(c7c(OCCCC)c8ccccc8c(OCCCC)c7c4=N3)=NC3=[N+]5C(=N6)c4c3c(OCCCC)c3ccccc3c4OCCCC)C12. The Labute approximate surface area is 566 Å². The van der Waals surface area contributed by atoms with Gasteiger partial charge < -0.3 is 37.9 Å². The number of amidine groups is 4. The van der Waals surface area contributed by atoms with E-state index < -0.39 is 17.7 Å². The van der Waals surface area contributed by atoms with Crippen molar-refractivity contribution < 1.29 is 47.0 Å². The molecule has 9 aromatic rings. The van der Waals surface area contributed by atoms with E-state index in [0.717, 1.165) is 236 Å². The number of benzene rings is 7. The molecule has 8 heterocycles. The molecule has 7 aliphatic rings. The molecule has 0 saturated carbocycles. The van der Waals surface area contributed by atoms with Crippen LogP contribution in [-0.4, -0.2) is 94.5 Å². The van der Waals surface area contributed by atoms with Gasteiger partial charge in [0.2, 0.25) is 22.6 Å². The first-order valence-corrected chi connectivity index (χ1v) is 36.6. The zero-order valence-electron chi connectivity index (χ0n) is 57.7. The van der Waals surface area contributed by atoms with Crippen LogP contribution >= 0.6 is 0 Å². The number of ether oxygens (including phenoxy) is 8. The summed E-state index contributed by atoms with van der Waals surface area (Å²) in [7, 11) is 0. The average Bonchev–Trinajstić information content (AvgIpc) is 1.46. The second-order valence-corrected chi connectivity index (χ2v) is 26.8. The molecule has 0 saturated heterocycles. The van der Waals surface area contributed by atoms with Crippen molar-refractivity contribution in [2.75, 3.05) is 52.9 Å². The van der Waals surface area contributed by atoms with E-state index in [-0.39, 0.29) is 0 Å². The molecular formula is C81H90N8O8+2. The minimum atomic E-state index is -1.57. The van der Waals surface area contributed by atoms with Gasteiger partial charge in [0.15, 0.2) is 0 Å². The molecule has 0 radical (unpaired) electrons. The van der Waals surface area contributed by atoms with Gasteiger partial charge in [-0.15, -0.1) is 4.58 Å². The average molecular weight is 1300 g/mol. The number of hydrogen-bond acceptors (Lipinski definition) is 12. The fourth-order valence-electron chi connectivity index (χ4n) is 15.7. The van der Waals surface area contributed by atoms with Crippen molar-refractivity contribution in [2.24, 2.45) is 31.8 Å². The van der Waals surface area contributed by atoms with Crippen molar-refractivity contribution in [2.45, 2.75) is 164 Å². The Morgan fingerprint density at radius 3 is 1.13 bits per heavy atom. The monoisotopic (exact) mass is 1300 g/mol. The molecule has 97 heavy (non-hydrogen) atoms. The number of hydrogen-bond donors (Lipinski definition) is 0. The lowest BCUT2D eigenvalue weighted by molar-refractivity contribution is -0.791. The molecule has 0 amide bonds. The van der Waals surface area contributed by atoms with E-state index in [4.69, 9.17) is 57.9 Å². The van der Waals surface area contributed by atoms with Crippen LogP contribution in [0.4, 0.5) is 11.6 Å². The summed E-state index contributed by atoms with van der Waals surface area (Å²) in [6.45, 7) is 21.6. The van der Waals surface area contributed by atoms with E-state index in [0.29, 0.717) is 87.1 Å². The highest BCUT2D eigenvalue weighted by Crippen LogP contribution is 2.61. The van der Waals surface area contributed by atoms with Crippen LogP contribution in [0.5, 0.6) is 34.5 Å². The zero-order chi connectivity index (χ0) is 66.1. The molecule has 7 aromatic carbocycles. The third kappa shape index (κ3) is 9.32. The Balaban J connectivity index is 1.19. The van der Waals surface area contributed by atoms with Gasteiger partial charge in [-0.25, -0.2) is 0 Å². The van der Waals surface area contributed by atoms with Crippen LogP contribution in [0.2, 0.25) is 0 Å².